The molecule has 6 aliphatic heterocycles. The van der Waals surface area contributed by atoms with Crippen molar-refractivity contribution in [1.29, 1.82) is 0 Å². The Morgan fingerprint density at radius 2 is 1.60 bits per heavy atom. The Balaban J connectivity index is 0.868. The number of nitrogens with zero attached hydrogens (tertiary/aromatic N) is 3. The van der Waals surface area contributed by atoms with Crippen LogP contribution >= 0.6 is 0 Å². The van der Waals surface area contributed by atoms with E-state index in [0.717, 1.165) is 37.3 Å². The van der Waals surface area contributed by atoms with Gasteiger partial charge in [-0.1, -0.05) is 58.3 Å². The van der Waals surface area contributed by atoms with Gasteiger partial charge in [0.25, 0.3) is 0 Å². The molecule has 3 fully saturated rings. The van der Waals surface area contributed by atoms with Crippen molar-refractivity contribution in [3.8, 4) is 0 Å². The lowest BCUT2D eigenvalue weighted by Gasteiger charge is -2.47. The smallest absolute Gasteiger partial charge is 0.441 e. The summed E-state index contributed by atoms with van der Waals surface area (Å²) in [7, 11) is 0. The largest absolute Gasteiger partial charge is 0.462 e. The quantitative estimate of drug-likeness (QED) is 0.125. The van der Waals surface area contributed by atoms with Crippen LogP contribution < -0.4 is 16.0 Å². The van der Waals surface area contributed by atoms with Crippen LogP contribution in [0.2, 0.25) is 0 Å². The normalized spacial score (nSPS) is 35.7. The molecule has 0 radical (unpaired) electrons. The number of carbonyl (C=O) groups is 1. The third-order valence-electron chi connectivity index (χ3n) is 12.2. The lowest BCUT2D eigenvalue weighted by atomic mass is 9.89. The van der Waals surface area contributed by atoms with Gasteiger partial charge in [0.1, 0.15) is 18.1 Å². The van der Waals surface area contributed by atoms with E-state index in [4.69, 9.17) is 9.73 Å². The van der Waals surface area contributed by atoms with Crippen LogP contribution in [0.5, 0.6) is 0 Å². The summed E-state index contributed by atoms with van der Waals surface area (Å²) in [6, 6.07) is 4.22. The molecule has 6 rings (SSSR count). The third kappa shape index (κ3) is 7.84. The highest BCUT2D eigenvalue weighted by atomic mass is 16.5. The highest BCUT2D eigenvalue weighted by Crippen LogP contribution is 2.40. The van der Waals surface area contributed by atoms with Gasteiger partial charge in [-0.3, -0.25) is 4.79 Å². The summed E-state index contributed by atoms with van der Waals surface area (Å²) in [6.45, 7) is 8.88. The summed E-state index contributed by atoms with van der Waals surface area (Å²) in [5.41, 5.74) is 0. The molecule has 0 unspecified atom stereocenters. The number of quaternary nitrogens is 1. The molecule has 0 saturated carbocycles. The predicted molar refractivity (Wildman–Crippen MR) is 181 cm³/mol. The monoisotopic (exact) mass is 627 g/mol. The van der Waals surface area contributed by atoms with Crippen LogP contribution in [0.4, 0.5) is 0 Å². The van der Waals surface area contributed by atoms with Crippen LogP contribution in [0.3, 0.4) is 0 Å². The molecule has 8 heteroatoms. The van der Waals surface area contributed by atoms with Crippen LogP contribution in [0.1, 0.15) is 156 Å². The minimum Gasteiger partial charge on any atom is -0.462 e. The molecule has 4 N–H and O–H groups in total. The van der Waals surface area contributed by atoms with E-state index in [9.17, 15) is 4.79 Å². The van der Waals surface area contributed by atoms with Crippen LogP contribution in [0.25, 0.3) is 0 Å². The molecule has 45 heavy (non-hydrogen) atoms. The summed E-state index contributed by atoms with van der Waals surface area (Å²) >= 11 is 0. The van der Waals surface area contributed by atoms with Crippen LogP contribution in [-0.4, -0.2) is 81.8 Å². The Morgan fingerprint density at radius 3 is 2.38 bits per heavy atom. The maximum absolute atomic E-state index is 13.5. The molecule has 10 atom stereocenters. The molecule has 3 saturated heterocycles. The SMILES string of the molecule is CCCCCCC[C@@H]1C[C@@H]2CC[C@H]3[C@@H](C(=O)O[C@@H](C)CCCCCCC[C@@H]4C[C@@H]5CC[C@@H]6C[C@H](C)[NH2+]C(=[N+]65)N4)[C@@H](C)N=C(N1)N23. The maximum atomic E-state index is 13.5. The van der Waals surface area contributed by atoms with Crippen molar-refractivity contribution >= 4 is 17.9 Å². The second-order valence-corrected chi connectivity index (χ2v) is 15.9. The number of rotatable bonds is 16. The fourth-order valence-corrected chi connectivity index (χ4v) is 9.98. The predicted octanol–water partition coefficient (Wildman–Crippen LogP) is 5.20. The number of hydrogen-bond acceptors (Lipinski definition) is 6. The average Bonchev–Trinajstić information content (AvgIpc) is 3.61. The zero-order chi connectivity index (χ0) is 31.3. The van der Waals surface area contributed by atoms with Crippen LogP contribution in [-0.2, 0) is 9.53 Å². The van der Waals surface area contributed by atoms with E-state index < -0.39 is 0 Å². The van der Waals surface area contributed by atoms with Gasteiger partial charge >= 0.3 is 11.9 Å². The minimum absolute atomic E-state index is 0.0142. The second kappa shape index (κ2) is 15.4. The Morgan fingerprint density at radius 1 is 0.911 bits per heavy atom. The molecule has 0 bridgehead atoms. The molecular weight excluding hydrogens is 560 g/mol. The molecule has 0 aliphatic carbocycles. The van der Waals surface area contributed by atoms with Gasteiger partial charge in [-0.2, -0.15) is 0 Å². The van der Waals surface area contributed by atoms with E-state index in [1.165, 1.54) is 115 Å². The highest BCUT2D eigenvalue weighted by Gasteiger charge is 2.51. The fourth-order valence-electron chi connectivity index (χ4n) is 9.98. The van der Waals surface area contributed by atoms with Crippen molar-refractivity contribution in [3.63, 3.8) is 0 Å². The van der Waals surface area contributed by atoms with Crippen molar-refractivity contribution in [1.82, 2.24) is 15.5 Å². The number of ether oxygens (including phenoxy) is 1. The van der Waals surface area contributed by atoms with Gasteiger partial charge in [-0.05, 0) is 85.0 Å². The second-order valence-electron chi connectivity index (χ2n) is 15.9. The number of guanidine groups is 2. The number of nitrogens with two attached hydrogens (primary N) is 1. The van der Waals surface area contributed by atoms with E-state index >= 15 is 0 Å². The first-order valence-electron chi connectivity index (χ1n) is 19.5. The first-order valence-corrected chi connectivity index (χ1v) is 19.5. The number of aliphatic imine (C=N–C) groups is 1. The summed E-state index contributed by atoms with van der Waals surface area (Å²) in [6.07, 6.45) is 25.3. The molecule has 8 nitrogen and oxygen atoms in total. The number of carbonyl (C=O) groups excluding carboxylic acids is 1. The molecule has 0 amide bonds. The lowest BCUT2D eigenvalue weighted by Crippen LogP contribution is -3.00. The fraction of sp³-hybridized carbons (Fsp3) is 0.919. The first-order chi connectivity index (χ1) is 21.9. The van der Waals surface area contributed by atoms with Gasteiger partial charge in [0.15, 0.2) is 5.96 Å². The molecule has 6 aliphatic rings. The maximum Gasteiger partial charge on any atom is 0.441 e. The van der Waals surface area contributed by atoms with Crippen LogP contribution in [0, 0.1) is 5.92 Å². The Kier molecular flexibility index (Phi) is 11.3. The summed E-state index contributed by atoms with van der Waals surface area (Å²) in [5, 5.41) is 10.2. The number of hydrogen-bond donors (Lipinski definition) is 3. The molecule has 254 valence electrons. The van der Waals surface area contributed by atoms with Gasteiger partial charge < -0.3 is 15.0 Å². The van der Waals surface area contributed by atoms with Crippen molar-refractivity contribution in [2.45, 2.75) is 211 Å². The lowest BCUT2D eigenvalue weighted by molar-refractivity contribution is -0.714. The summed E-state index contributed by atoms with van der Waals surface area (Å²) < 4.78 is 8.83. The topological polar surface area (TPSA) is 85.6 Å². The van der Waals surface area contributed by atoms with E-state index in [1.807, 2.05) is 0 Å². The molecule has 0 spiro atoms. The van der Waals surface area contributed by atoms with Gasteiger partial charge in [-0.15, -0.1) is 0 Å². The Hall–Kier alpha value is -1.83. The van der Waals surface area contributed by atoms with E-state index in [2.05, 4.69) is 53.1 Å². The van der Waals surface area contributed by atoms with Gasteiger partial charge in [-0.25, -0.2) is 20.2 Å². The standard InChI is InChI=1S/C37H64N6O2/c1-5-6-7-9-13-16-29-24-32-20-21-33-34(27(4)39-37(41-29)43(32)33)35(44)45-26(3)15-12-10-8-11-14-17-28-23-31-19-18-30-22-25(2)38-36(40-28)42(30)31/h25-34H,5-24H2,1-4H3,(H2,38,39,40,41)/p+2/t25-,26-,27+,28+,29+,30+,31-,32-,33-,34-/m0/s1. The Bertz CT molecular complexity index is 1060. The molecule has 0 aromatic rings. The number of unbranched alkanes of at least 4 members (excludes halogenated alkanes) is 8. The molecular formula is C37H66N6O2+2. The van der Waals surface area contributed by atoms with Crippen LogP contribution in [0.15, 0.2) is 4.99 Å². The molecule has 6 heterocycles. The molecule has 0 aromatic carbocycles. The van der Waals surface area contributed by atoms with Crippen molar-refractivity contribution in [2.75, 3.05) is 0 Å². The number of nitrogens with one attached hydrogen (secondary N) is 2. The van der Waals surface area contributed by atoms with E-state index in [0.29, 0.717) is 24.2 Å². The third-order valence-corrected chi connectivity index (χ3v) is 12.2. The van der Waals surface area contributed by atoms with Gasteiger partial charge in [0.05, 0.1) is 24.1 Å². The highest BCUT2D eigenvalue weighted by molar-refractivity contribution is 5.86. The number of esters is 1. The van der Waals surface area contributed by atoms with Crippen molar-refractivity contribution < 1.29 is 19.4 Å². The van der Waals surface area contributed by atoms with E-state index in [1.54, 1.807) is 0 Å². The zero-order valence-corrected chi connectivity index (χ0v) is 29.2. The van der Waals surface area contributed by atoms with Crippen molar-refractivity contribution in [3.05, 3.63) is 0 Å². The average molecular weight is 627 g/mol. The summed E-state index contributed by atoms with van der Waals surface area (Å²) in [5.74, 6) is 2.35. The van der Waals surface area contributed by atoms with Crippen molar-refractivity contribution in [2.24, 2.45) is 10.9 Å². The zero-order valence-electron chi connectivity index (χ0n) is 29.2. The van der Waals surface area contributed by atoms with Gasteiger partial charge in [0.2, 0.25) is 0 Å². The first kappa shape index (κ1) is 33.1. The summed E-state index contributed by atoms with van der Waals surface area (Å²) in [4.78, 5) is 21.0. The van der Waals surface area contributed by atoms with E-state index in [-0.39, 0.29) is 30.1 Å². The van der Waals surface area contributed by atoms with Gasteiger partial charge in [0, 0.05) is 31.0 Å². The minimum atomic E-state index is -0.142. The Labute approximate surface area is 274 Å². The molecule has 0 aromatic heterocycles.